The molecule has 0 radical (unpaired) electrons. The number of unbranched alkanes of at least 4 members (excludes halogenated alkanes) is 10. The molecule has 0 saturated heterocycles. The van der Waals surface area contributed by atoms with Gasteiger partial charge >= 0.3 is 5.97 Å². The predicted molar refractivity (Wildman–Crippen MR) is 82.9 cm³/mol. The van der Waals surface area contributed by atoms with Gasteiger partial charge in [-0.1, -0.05) is 64.4 Å². The van der Waals surface area contributed by atoms with Crippen LogP contribution in [-0.2, 0) is 9.59 Å². The Bertz CT molecular complexity index is 271. The third-order valence-corrected chi connectivity index (χ3v) is 3.54. The molecule has 0 rings (SSSR count). The van der Waals surface area contributed by atoms with E-state index >= 15 is 0 Å². The molecule has 0 aromatic carbocycles. The zero-order chi connectivity index (χ0) is 15.1. The summed E-state index contributed by atoms with van der Waals surface area (Å²) in [6.45, 7) is 3.47. The molecule has 3 heteroatoms. The van der Waals surface area contributed by atoms with Gasteiger partial charge in [-0.05, 0) is 18.9 Å². The Hall–Kier alpha value is -1.12. The van der Waals surface area contributed by atoms with Crippen LogP contribution in [0, 0.1) is 0 Å². The molecule has 0 aliphatic carbocycles. The largest absolute Gasteiger partial charge is 0.481 e. The fourth-order valence-corrected chi connectivity index (χ4v) is 2.27. The predicted octanol–water partition coefficient (Wildman–Crippen LogP) is 4.90. The van der Waals surface area contributed by atoms with Gasteiger partial charge in [0.25, 0.3) is 0 Å². The highest BCUT2D eigenvalue weighted by atomic mass is 16.4. The van der Waals surface area contributed by atoms with Gasteiger partial charge in [0.15, 0.2) is 5.78 Å². The van der Waals surface area contributed by atoms with Gasteiger partial charge in [-0.25, -0.2) is 0 Å². The first kappa shape index (κ1) is 18.9. The lowest BCUT2D eigenvalue weighted by Gasteiger charge is -2.02. The van der Waals surface area contributed by atoms with Crippen molar-refractivity contribution in [2.75, 3.05) is 0 Å². The number of aliphatic carboxylic acids is 1. The minimum atomic E-state index is -0.681. The molecule has 0 atom stereocenters. The molecule has 116 valence electrons. The van der Waals surface area contributed by atoms with Crippen LogP contribution < -0.4 is 0 Å². The van der Waals surface area contributed by atoms with E-state index in [1.807, 2.05) is 0 Å². The summed E-state index contributed by atoms with van der Waals surface area (Å²) in [5, 5.41) is 8.50. The minimum Gasteiger partial charge on any atom is -0.481 e. The summed E-state index contributed by atoms with van der Waals surface area (Å²) in [6.07, 6.45) is 15.1. The molecule has 0 aliphatic heterocycles. The number of hydrogen-bond acceptors (Lipinski definition) is 2. The number of ketones is 1. The second-order valence-electron chi connectivity index (χ2n) is 5.45. The van der Waals surface area contributed by atoms with E-state index in [1.54, 1.807) is 0 Å². The Morgan fingerprint density at radius 3 is 1.40 bits per heavy atom. The van der Waals surface area contributed by atoms with Crippen molar-refractivity contribution in [2.45, 2.75) is 83.5 Å². The van der Waals surface area contributed by atoms with Gasteiger partial charge in [0, 0.05) is 12.8 Å². The van der Waals surface area contributed by atoms with Gasteiger partial charge in [0.2, 0.25) is 0 Å². The molecular formula is C17H30O3. The molecule has 0 saturated carbocycles. The zero-order valence-electron chi connectivity index (χ0n) is 12.7. The number of rotatable bonds is 15. The lowest BCUT2D eigenvalue weighted by molar-refractivity contribution is -0.137. The van der Waals surface area contributed by atoms with Crippen LogP contribution in [0.25, 0.3) is 0 Å². The number of carbonyl (C=O) groups excluding carboxylic acids is 1. The van der Waals surface area contributed by atoms with Crippen molar-refractivity contribution in [1.29, 1.82) is 0 Å². The van der Waals surface area contributed by atoms with Gasteiger partial charge in [-0.2, -0.15) is 0 Å². The molecule has 0 fully saturated rings. The third kappa shape index (κ3) is 14.9. The Morgan fingerprint density at radius 2 is 1.05 bits per heavy atom. The smallest absolute Gasteiger partial charge is 0.303 e. The lowest BCUT2D eigenvalue weighted by atomic mass is 10.0. The highest BCUT2D eigenvalue weighted by Gasteiger charge is 1.97. The molecule has 0 aromatic rings. The first-order valence-corrected chi connectivity index (χ1v) is 8.04. The van der Waals surface area contributed by atoms with Gasteiger partial charge in [0.1, 0.15) is 0 Å². The average molecular weight is 282 g/mol. The van der Waals surface area contributed by atoms with E-state index in [-0.39, 0.29) is 5.78 Å². The van der Waals surface area contributed by atoms with Gasteiger partial charge in [-0.15, -0.1) is 0 Å². The van der Waals surface area contributed by atoms with E-state index in [9.17, 15) is 9.59 Å². The van der Waals surface area contributed by atoms with Gasteiger partial charge in [-0.3, -0.25) is 9.59 Å². The van der Waals surface area contributed by atoms with E-state index in [2.05, 4.69) is 6.58 Å². The summed E-state index contributed by atoms with van der Waals surface area (Å²) in [5.74, 6) is -0.521. The Balaban J connectivity index is 3.04. The van der Waals surface area contributed by atoms with Crippen molar-refractivity contribution in [3.05, 3.63) is 12.7 Å². The second kappa shape index (κ2) is 14.3. The van der Waals surface area contributed by atoms with Crippen molar-refractivity contribution in [3.8, 4) is 0 Å². The fraction of sp³-hybridized carbons (Fsp3) is 0.765. The molecule has 0 unspecified atom stereocenters. The van der Waals surface area contributed by atoms with E-state index in [4.69, 9.17) is 5.11 Å². The maximum atomic E-state index is 11.0. The third-order valence-electron chi connectivity index (χ3n) is 3.54. The summed E-state index contributed by atoms with van der Waals surface area (Å²) in [6, 6.07) is 0. The highest BCUT2D eigenvalue weighted by Crippen LogP contribution is 2.12. The van der Waals surface area contributed by atoms with Crippen LogP contribution in [0.2, 0.25) is 0 Å². The number of hydrogen-bond donors (Lipinski definition) is 1. The van der Waals surface area contributed by atoms with E-state index in [0.717, 1.165) is 32.1 Å². The highest BCUT2D eigenvalue weighted by molar-refractivity contribution is 5.88. The van der Waals surface area contributed by atoms with Crippen LogP contribution in [0.5, 0.6) is 0 Å². The average Bonchev–Trinajstić information content (AvgIpc) is 2.43. The molecule has 1 N–H and O–H groups in total. The summed E-state index contributed by atoms with van der Waals surface area (Å²) in [4.78, 5) is 21.3. The molecule has 0 amide bonds. The molecule has 0 heterocycles. The molecule has 20 heavy (non-hydrogen) atoms. The van der Waals surface area contributed by atoms with Crippen molar-refractivity contribution in [2.24, 2.45) is 0 Å². The first-order chi connectivity index (χ1) is 9.66. The Morgan fingerprint density at radius 1 is 0.700 bits per heavy atom. The summed E-state index contributed by atoms with van der Waals surface area (Å²) >= 11 is 0. The normalized spacial score (nSPS) is 10.4. The molecule has 0 spiro atoms. The minimum absolute atomic E-state index is 0.160. The molecule has 0 aromatic heterocycles. The summed E-state index contributed by atoms with van der Waals surface area (Å²) in [7, 11) is 0. The monoisotopic (exact) mass is 282 g/mol. The number of allylic oxidation sites excluding steroid dienone is 1. The second-order valence-corrected chi connectivity index (χ2v) is 5.45. The standard InChI is InChI=1S/C17H30O3/c1-2-16(18)14-12-10-8-6-4-3-5-7-9-11-13-15-17(19)20/h2H,1,3-15H2,(H,19,20). The zero-order valence-corrected chi connectivity index (χ0v) is 12.7. The quantitative estimate of drug-likeness (QED) is 0.343. The molecule has 0 aliphatic rings. The maximum Gasteiger partial charge on any atom is 0.303 e. The van der Waals surface area contributed by atoms with E-state index in [1.165, 1.54) is 44.6 Å². The van der Waals surface area contributed by atoms with Crippen LogP contribution in [0.1, 0.15) is 83.5 Å². The van der Waals surface area contributed by atoms with Crippen LogP contribution in [0.15, 0.2) is 12.7 Å². The summed E-state index contributed by atoms with van der Waals surface area (Å²) < 4.78 is 0. The van der Waals surface area contributed by atoms with Crippen molar-refractivity contribution < 1.29 is 14.7 Å². The lowest BCUT2D eigenvalue weighted by Crippen LogP contribution is -1.93. The Labute approximate surface area is 123 Å². The summed E-state index contributed by atoms with van der Waals surface area (Å²) in [5.41, 5.74) is 0. The molecule has 3 nitrogen and oxygen atoms in total. The molecular weight excluding hydrogens is 252 g/mol. The number of carboxylic acids is 1. The van der Waals surface area contributed by atoms with E-state index < -0.39 is 5.97 Å². The first-order valence-electron chi connectivity index (χ1n) is 8.04. The van der Waals surface area contributed by atoms with Crippen LogP contribution in [0.4, 0.5) is 0 Å². The topological polar surface area (TPSA) is 54.4 Å². The fourth-order valence-electron chi connectivity index (χ4n) is 2.27. The Kier molecular flexibility index (Phi) is 13.5. The molecule has 0 bridgehead atoms. The van der Waals surface area contributed by atoms with Crippen molar-refractivity contribution in [1.82, 2.24) is 0 Å². The number of carbonyl (C=O) groups is 2. The van der Waals surface area contributed by atoms with Crippen LogP contribution >= 0.6 is 0 Å². The SMILES string of the molecule is C=CC(=O)CCCCCCCCCCCCCC(=O)O. The van der Waals surface area contributed by atoms with Gasteiger partial charge < -0.3 is 5.11 Å². The van der Waals surface area contributed by atoms with Crippen molar-refractivity contribution in [3.63, 3.8) is 0 Å². The van der Waals surface area contributed by atoms with Gasteiger partial charge in [0.05, 0.1) is 0 Å². The van der Waals surface area contributed by atoms with Crippen LogP contribution in [-0.4, -0.2) is 16.9 Å². The maximum absolute atomic E-state index is 11.0. The van der Waals surface area contributed by atoms with Crippen LogP contribution in [0.3, 0.4) is 0 Å². The van der Waals surface area contributed by atoms with E-state index in [0.29, 0.717) is 12.8 Å². The van der Waals surface area contributed by atoms with Crippen molar-refractivity contribution >= 4 is 11.8 Å². The number of carboxylic acid groups (broad SMARTS) is 1.